The zero-order valence-corrected chi connectivity index (χ0v) is 17.6. The molecular formula is C21H32ClN3O3. The predicted octanol–water partition coefficient (Wildman–Crippen LogP) is 3.60. The number of hydrogen-bond donors (Lipinski definition) is 2. The molecule has 2 heterocycles. The lowest BCUT2D eigenvalue weighted by molar-refractivity contribution is -0.119. The highest BCUT2D eigenvalue weighted by Crippen LogP contribution is 2.34. The number of rotatable bonds is 6. The number of amides is 2. The number of anilines is 2. The molecule has 0 radical (unpaired) electrons. The third-order valence-electron chi connectivity index (χ3n) is 5.77. The van der Waals surface area contributed by atoms with Gasteiger partial charge in [-0.3, -0.25) is 9.59 Å². The second kappa shape index (κ2) is 10.7. The molecule has 1 atom stereocenters. The molecule has 0 bridgehead atoms. The van der Waals surface area contributed by atoms with Gasteiger partial charge in [0.1, 0.15) is 5.75 Å². The first-order valence-electron chi connectivity index (χ1n) is 10.1. The quantitative estimate of drug-likeness (QED) is 0.753. The van der Waals surface area contributed by atoms with Crippen molar-refractivity contribution < 1.29 is 14.3 Å². The maximum atomic E-state index is 12.5. The van der Waals surface area contributed by atoms with Gasteiger partial charge in [0.15, 0.2) is 0 Å². The van der Waals surface area contributed by atoms with E-state index in [9.17, 15) is 9.59 Å². The smallest absolute Gasteiger partial charge is 0.227 e. The number of carbonyl (C=O) groups is 2. The molecule has 0 aliphatic carbocycles. The van der Waals surface area contributed by atoms with Crippen LogP contribution in [-0.4, -0.2) is 38.6 Å². The molecule has 2 N–H and O–H groups in total. The van der Waals surface area contributed by atoms with Crippen LogP contribution in [-0.2, 0) is 9.59 Å². The third-order valence-corrected chi connectivity index (χ3v) is 5.77. The second-order valence-electron chi connectivity index (χ2n) is 7.71. The molecule has 2 aliphatic rings. The number of nitrogens with one attached hydrogen (secondary N) is 2. The van der Waals surface area contributed by atoms with Crippen molar-refractivity contribution >= 4 is 35.6 Å². The fourth-order valence-corrected chi connectivity index (χ4v) is 4.12. The van der Waals surface area contributed by atoms with Crippen molar-refractivity contribution in [3.63, 3.8) is 0 Å². The molecule has 2 amide bonds. The number of carbonyl (C=O) groups excluding carboxylic acids is 2. The highest BCUT2D eigenvalue weighted by molar-refractivity contribution is 5.97. The van der Waals surface area contributed by atoms with Gasteiger partial charge in [0, 0.05) is 25.1 Å². The molecule has 3 rings (SSSR count). The lowest BCUT2D eigenvalue weighted by atomic mass is 9.84. The largest absolute Gasteiger partial charge is 0.495 e. The predicted molar refractivity (Wildman–Crippen MR) is 114 cm³/mol. The Hall–Kier alpha value is -1.79. The molecule has 7 heteroatoms. The van der Waals surface area contributed by atoms with Gasteiger partial charge in [0.25, 0.3) is 0 Å². The minimum atomic E-state index is 0. The van der Waals surface area contributed by atoms with Crippen LogP contribution in [0.15, 0.2) is 18.2 Å². The van der Waals surface area contributed by atoms with Crippen LogP contribution in [0.5, 0.6) is 5.75 Å². The average Bonchev–Trinajstić information content (AvgIpc) is 2.69. The van der Waals surface area contributed by atoms with Gasteiger partial charge in [0.05, 0.1) is 12.8 Å². The number of methoxy groups -OCH3 is 1. The molecule has 2 aliphatic heterocycles. The fourth-order valence-electron chi connectivity index (χ4n) is 4.12. The highest BCUT2D eigenvalue weighted by Gasteiger charge is 2.24. The van der Waals surface area contributed by atoms with Crippen molar-refractivity contribution in [1.29, 1.82) is 0 Å². The highest BCUT2D eigenvalue weighted by atomic mass is 35.5. The van der Waals surface area contributed by atoms with Gasteiger partial charge in [0.2, 0.25) is 11.8 Å². The molecule has 6 nitrogen and oxygen atoms in total. The Kier molecular flexibility index (Phi) is 8.58. The van der Waals surface area contributed by atoms with Crippen LogP contribution in [0.1, 0.15) is 45.4 Å². The summed E-state index contributed by atoms with van der Waals surface area (Å²) in [6, 6.07) is 5.52. The lowest BCUT2D eigenvalue weighted by Crippen LogP contribution is -2.35. The minimum Gasteiger partial charge on any atom is -0.495 e. The number of ether oxygens (including phenoxy) is 1. The minimum absolute atomic E-state index is 0. The molecule has 0 saturated carbocycles. The van der Waals surface area contributed by atoms with Crippen LogP contribution in [0.3, 0.4) is 0 Å². The van der Waals surface area contributed by atoms with Gasteiger partial charge >= 0.3 is 0 Å². The zero-order valence-electron chi connectivity index (χ0n) is 16.8. The Morgan fingerprint density at radius 3 is 2.75 bits per heavy atom. The molecule has 1 aromatic rings. The summed E-state index contributed by atoms with van der Waals surface area (Å²) in [7, 11) is 1.60. The maximum absolute atomic E-state index is 12.5. The third kappa shape index (κ3) is 5.61. The van der Waals surface area contributed by atoms with Gasteiger partial charge in [-0.25, -0.2) is 0 Å². The molecule has 28 heavy (non-hydrogen) atoms. The average molecular weight is 410 g/mol. The fraction of sp³-hybridized carbons (Fsp3) is 0.619. The molecule has 1 unspecified atom stereocenters. The van der Waals surface area contributed by atoms with Crippen LogP contribution in [0, 0.1) is 11.8 Å². The van der Waals surface area contributed by atoms with E-state index in [4.69, 9.17) is 4.74 Å². The summed E-state index contributed by atoms with van der Waals surface area (Å²) in [5.74, 6) is 1.78. The molecule has 1 aromatic carbocycles. The summed E-state index contributed by atoms with van der Waals surface area (Å²) < 4.78 is 5.44. The van der Waals surface area contributed by atoms with E-state index in [2.05, 4.69) is 17.6 Å². The van der Waals surface area contributed by atoms with E-state index in [0.717, 1.165) is 44.5 Å². The topological polar surface area (TPSA) is 70.7 Å². The van der Waals surface area contributed by atoms with Gasteiger partial charge in [-0.15, -0.1) is 12.4 Å². The van der Waals surface area contributed by atoms with Crippen molar-refractivity contribution in [1.82, 2.24) is 5.32 Å². The van der Waals surface area contributed by atoms with E-state index in [1.165, 1.54) is 0 Å². The molecule has 0 spiro atoms. The summed E-state index contributed by atoms with van der Waals surface area (Å²) in [5, 5.41) is 6.38. The van der Waals surface area contributed by atoms with Gasteiger partial charge in [-0.2, -0.15) is 0 Å². The monoisotopic (exact) mass is 409 g/mol. The van der Waals surface area contributed by atoms with Crippen LogP contribution in [0.2, 0.25) is 0 Å². The van der Waals surface area contributed by atoms with E-state index < -0.39 is 0 Å². The van der Waals surface area contributed by atoms with Crippen molar-refractivity contribution in [3.8, 4) is 5.75 Å². The van der Waals surface area contributed by atoms with E-state index in [-0.39, 0.29) is 24.2 Å². The summed E-state index contributed by atoms with van der Waals surface area (Å²) in [6.07, 6.45) is 5.28. The van der Waals surface area contributed by atoms with Crippen LogP contribution in [0.25, 0.3) is 0 Å². The van der Waals surface area contributed by atoms with Crippen LogP contribution in [0.4, 0.5) is 11.4 Å². The first-order chi connectivity index (χ1) is 13.1. The van der Waals surface area contributed by atoms with Crippen LogP contribution >= 0.6 is 12.4 Å². The standard InChI is InChI=1S/C21H31N3O3.ClH/c1-15(16-8-10-22-11-9-16)13-20(25)23-17-6-7-19(27-2)18(14-17)24-12-4-3-5-21(24)26;/h6-7,14-16,22H,3-5,8-13H2,1-2H3,(H,23,25);1H. The Labute approximate surface area is 173 Å². The number of benzene rings is 1. The molecular weight excluding hydrogens is 378 g/mol. The van der Waals surface area contributed by atoms with E-state index >= 15 is 0 Å². The lowest BCUT2D eigenvalue weighted by Gasteiger charge is -2.29. The van der Waals surface area contributed by atoms with E-state index in [0.29, 0.717) is 42.7 Å². The number of hydrogen-bond acceptors (Lipinski definition) is 4. The second-order valence-corrected chi connectivity index (χ2v) is 7.71. The van der Waals surface area contributed by atoms with Gasteiger partial charge < -0.3 is 20.3 Å². The SMILES string of the molecule is COc1ccc(NC(=O)CC(C)C2CCNCC2)cc1N1CCCCC1=O.Cl. The molecule has 2 fully saturated rings. The first kappa shape index (κ1) is 22.5. The first-order valence-corrected chi connectivity index (χ1v) is 10.1. The Bertz CT molecular complexity index is 677. The summed E-state index contributed by atoms with van der Waals surface area (Å²) >= 11 is 0. The van der Waals surface area contributed by atoms with Crippen molar-refractivity contribution in [2.45, 2.75) is 45.4 Å². The van der Waals surface area contributed by atoms with Crippen LogP contribution < -0.4 is 20.3 Å². The maximum Gasteiger partial charge on any atom is 0.227 e. The molecule has 2 saturated heterocycles. The van der Waals surface area contributed by atoms with Crippen molar-refractivity contribution in [2.75, 3.05) is 37.0 Å². The van der Waals surface area contributed by atoms with Gasteiger partial charge in [-0.1, -0.05) is 6.92 Å². The zero-order chi connectivity index (χ0) is 19.2. The van der Waals surface area contributed by atoms with Crippen molar-refractivity contribution in [2.24, 2.45) is 11.8 Å². The molecule has 0 aromatic heterocycles. The summed E-state index contributed by atoms with van der Waals surface area (Å²) in [4.78, 5) is 26.6. The van der Waals surface area contributed by atoms with E-state index in [1.54, 1.807) is 12.0 Å². The summed E-state index contributed by atoms with van der Waals surface area (Å²) in [6.45, 7) is 4.95. The Balaban J connectivity index is 0.00000280. The number of nitrogens with zero attached hydrogens (tertiary/aromatic N) is 1. The Morgan fingerprint density at radius 1 is 1.32 bits per heavy atom. The number of halogens is 1. The van der Waals surface area contributed by atoms with Crippen molar-refractivity contribution in [3.05, 3.63) is 18.2 Å². The normalized spacial score (nSPS) is 18.9. The summed E-state index contributed by atoms with van der Waals surface area (Å²) in [5.41, 5.74) is 1.46. The molecule has 156 valence electrons. The van der Waals surface area contributed by atoms with Gasteiger partial charge in [-0.05, 0) is 68.8 Å². The van der Waals surface area contributed by atoms with E-state index in [1.807, 2.05) is 18.2 Å². The Morgan fingerprint density at radius 2 is 2.07 bits per heavy atom. The number of piperidine rings is 2.